The van der Waals surface area contributed by atoms with Crippen molar-refractivity contribution in [2.75, 3.05) is 0 Å². The highest BCUT2D eigenvalue weighted by Gasteiger charge is 2.18. The maximum absolute atomic E-state index is 13.5. The van der Waals surface area contributed by atoms with E-state index in [0.717, 1.165) is 0 Å². The molecular weight excluding hydrogens is 260 g/mol. The standard InChI is InChI=1S/C12H7F2NO4/c13-10-5-7(15(17)18)6-11(14)12(10)19-9-3-1-8(16)2-4-9/h1-6,16H. The predicted molar refractivity (Wildman–Crippen MR) is 61.2 cm³/mol. The Morgan fingerprint density at radius 3 is 2.11 bits per heavy atom. The quantitative estimate of drug-likeness (QED) is 0.683. The Bertz CT molecular complexity index is 605. The van der Waals surface area contributed by atoms with E-state index in [1.807, 2.05) is 0 Å². The van der Waals surface area contributed by atoms with Gasteiger partial charge in [0, 0.05) is 0 Å². The van der Waals surface area contributed by atoms with Gasteiger partial charge >= 0.3 is 0 Å². The van der Waals surface area contributed by atoms with Gasteiger partial charge in [-0.3, -0.25) is 10.1 Å². The molecule has 0 unspecified atom stereocenters. The molecule has 0 fully saturated rings. The van der Waals surface area contributed by atoms with Crippen LogP contribution in [0.4, 0.5) is 14.5 Å². The highest BCUT2D eigenvalue weighted by molar-refractivity contribution is 5.42. The number of rotatable bonds is 3. The molecule has 0 saturated heterocycles. The van der Waals surface area contributed by atoms with Crippen LogP contribution in [0.25, 0.3) is 0 Å². The predicted octanol–water partition coefficient (Wildman–Crippen LogP) is 3.37. The molecule has 0 saturated carbocycles. The van der Waals surface area contributed by atoms with Crippen molar-refractivity contribution >= 4 is 5.69 Å². The molecule has 1 N–H and O–H groups in total. The van der Waals surface area contributed by atoms with E-state index in [9.17, 15) is 18.9 Å². The van der Waals surface area contributed by atoms with Crippen molar-refractivity contribution in [1.29, 1.82) is 0 Å². The molecule has 0 aliphatic carbocycles. The number of halogens is 2. The van der Waals surface area contributed by atoms with Crippen LogP contribution in [-0.4, -0.2) is 10.0 Å². The zero-order chi connectivity index (χ0) is 14.0. The third-order valence-corrected chi connectivity index (χ3v) is 2.25. The van der Waals surface area contributed by atoms with Gasteiger partial charge in [-0.2, -0.15) is 0 Å². The maximum Gasteiger partial charge on any atom is 0.275 e. The molecular formula is C12H7F2NO4. The van der Waals surface area contributed by atoms with Crippen molar-refractivity contribution in [2.24, 2.45) is 0 Å². The van der Waals surface area contributed by atoms with E-state index in [1.165, 1.54) is 24.3 Å². The van der Waals surface area contributed by atoms with Crippen molar-refractivity contribution < 1.29 is 23.5 Å². The number of aromatic hydroxyl groups is 1. The first kappa shape index (κ1) is 12.7. The number of benzene rings is 2. The van der Waals surface area contributed by atoms with Gasteiger partial charge in [-0.15, -0.1) is 0 Å². The Kier molecular flexibility index (Phi) is 3.28. The molecule has 0 aliphatic rings. The Morgan fingerprint density at radius 2 is 1.63 bits per heavy atom. The molecule has 0 heterocycles. The lowest BCUT2D eigenvalue weighted by Crippen LogP contribution is -1.96. The molecule has 0 bridgehead atoms. The number of hydrogen-bond donors (Lipinski definition) is 1. The molecule has 7 heteroatoms. The van der Waals surface area contributed by atoms with Gasteiger partial charge in [0.05, 0.1) is 17.1 Å². The zero-order valence-corrected chi connectivity index (χ0v) is 9.34. The second kappa shape index (κ2) is 4.89. The van der Waals surface area contributed by atoms with Crippen LogP contribution >= 0.6 is 0 Å². The van der Waals surface area contributed by atoms with Gasteiger partial charge in [-0.25, -0.2) is 8.78 Å². The fourth-order valence-corrected chi connectivity index (χ4v) is 1.38. The summed E-state index contributed by atoms with van der Waals surface area (Å²) in [5.74, 6) is -3.04. The van der Waals surface area contributed by atoms with Crippen LogP contribution in [0.5, 0.6) is 17.2 Å². The fourth-order valence-electron chi connectivity index (χ4n) is 1.38. The molecule has 19 heavy (non-hydrogen) atoms. The number of nitro benzene ring substituents is 1. The smallest absolute Gasteiger partial charge is 0.275 e. The zero-order valence-electron chi connectivity index (χ0n) is 9.34. The average Bonchev–Trinajstić information content (AvgIpc) is 2.35. The van der Waals surface area contributed by atoms with Crippen molar-refractivity contribution in [1.82, 2.24) is 0 Å². The Labute approximate surface area is 105 Å². The minimum Gasteiger partial charge on any atom is -0.508 e. The van der Waals surface area contributed by atoms with E-state index >= 15 is 0 Å². The topological polar surface area (TPSA) is 72.6 Å². The number of nitrogens with zero attached hydrogens (tertiary/aromatic N) is 1. The molecule has 0 aromatic heterocycles. The summed E-state index contributed by atoms with van der Waals surface area (Å²) in [6, 6.07) is 6.29. The molecule has 2 rings (SSSR count). The van der Waals surface area contributed by atoms with Gasteiger partial charge in [0.1, 0.15) is 11.5 Å². The van der Waals surface area contributed by atoms with Gasteiger partial charge in [0.15, 0.2) is 17.4 Å². The van der Waals surface area contributed by atoms with Gasteiger partial charge < -0.3 is 9.84 Å². The van der Waals surface area contributed by atoms with Crippen LogP contribution in [0, 0.1) is 21.7 Å². The molecule has 98 valence electrons. The van der Waals surface area contributed by atoms with Crippen molar-refractivity contribution in [3.05, 3.63) is 58.1 Å². The number of non-ortho nitro benzene ring substituents is 1. The van der Waals surface area contributed by atoms with E-state index in [0.29, 0.717) is 12.1 Å². The number of nitro groups is 1. The molecule has 2 aromatic carbocycles. The Hall–Kier alpha value is -2.70. The summed E-state index contributed by atoms with van der Waals surface area (Å²) >= 11 is 0. The molecule has 0 radical (unpaired) electrons. The molecule has 5 nitrogen and oxygen atoms in total. The summed E-state index contributed by atoms with van der Waals surface area (Å²) in [6.07, 6.45) is 0. The number of ether oxygens (including phenoxy) is 1. The molecule has 0 amide bonds. The number of hydrogen-bond acceptors (Lipinski definition) is 4. The van der Waals surface area contributed by atoms with E-state index in [4.69, 9.17) is 9.84 Å². The van der Waals surface area contributed by atoms with Crippen LogP contribution < -0.4 is 4.74 Å². The SMILES string of the molecule is O=[N+]([O-])c1cc(F)c(Oc2ccc(O)cc2)c(F)c1. The number of phenolic OH excluding ortho intramolecular Hbond substituents is 1. The molecule has 2 aromatic rings. The second-order valence-electron chi connectivity index (χ2n) is 3.59. The largest absolute Gasteiger partial charge is 0.508 e. The van der Waals surface area contributed by atoms with Crippen LogP contribution in [0.15, 0.2) is 36.4 Å². The monoisotopic (exact) mass is 267 g/mol. The summed E-state index contributed by atoms with van der Waals surface area (Å²) in [4.78, 5) is 9.51. The van der Waals surface area contributed by atoms with Crippen LogP contribution in [0.2, 0.25) is 0 Å². The highest BCUT2D eigenvalue weighted by Crippen LogP contribution is 2.31. The van der Waals surface area contributed by atoms with Gasteiger partial charge in [0.25, 0.3) is 5.69 Å². The number of phenols is 1. The summed E-state index contributed by atoms with van der Waals surface area (Å²) < 4.78 is 32.0. The normalized spacial score (nSPS) is 10.2. The summed E-state index contributed by atoms with van der Waals surface area (Å²) in [6.45, 7) is 0. The first-order valence-corrected chi connectivity index (χ1v) is 5.07. The third kappa shape index (κ3) is 2.76. The summed E-state index contributed by atoms with van der Waals surface area (Å²) in [5.41, 5.74) is -0.701. The van der Waals surface area contributed by atoms with Crippen molar-refractivity contribution in [3.8, 4) is 17.2 Å². The van der Waals surface area contributed by atoms with E-state index in [2.05, 4.69) is 0 Å². The van der Waals surface area contributed by atoms with Crippen LogP contribution in [-0.2, 0) is 0 Å². The Balaban J connectivity index is 2.35. The minimum atomic E-state index is -1.18. The molecule has 0 spiro atoms. The van der Waals surface area contributed by atoms with Gasteiger partial charge in [-0.1, -0.05) is 0 Å². The maximum atomic E-state index is 13.5. The Morgan fingerprint density at radius 1 is 1.11 bits per heavy atom. The first-order valence-electron chi connectivity index (χ1n) is 5.07. The van der Waals surface area contributed by atoms with Crippen LogP contribution in [0.1, 0.15) is 0 Å². The fraction of sp³-hybridized carbons (Fsp3) is 0. The summed E-state index contributed by atoms with van der Waals surface area (Å²) in [7, 11) is 0. The van der Waals surface area contributed by atoms with Gasteiger partial charge in [-0.05, 0) is 24.3 Å². The van der Waals surface area contributed by atoms with Crippen LogP contribution in [0.3, 0.4) is 0 Å². The lowest BCUT2D eigenvalue weighted by Gasteiger charge is -2.07. The first-order chi connectivity index (χ1) is 8.97. The lowest BCUT2D eigenvalue weighted by molar-refractivity contribution is -0.385. The van der Waals surface area contributed by atoms with E-state index in [-0.39, 0.29) is 11.5 Å². The van der Waals surface area contributed by atoms with Gasteiger partial charge in [0.2, 0.25) is 0 Å². The average molecular weight is 267 g/mol. The highest BCUT2D eigenvalue weighted by atomic mass is 19.1. The third-order valence-electron chi connectivity index (χ3n) is 2.25. The van der Waals surface area contributed by atoms with Crippen molar-refractivity contribution in [3.63, 3.8) is 0 Å². The summed E-state index contributed by atoms with van der Waals surface area (Å²) in [5, 5.41) is 19.5. The molecule has 0 atom stereocenters. The van der Waals surface area contributed by atoms with Crippen molar-refractivity contribution in [2.45, 2.75) is 0 Å². The minimum absolute atomic E-state index is 0.0306. The van der Waals surface area contributed by atoms with E-state index in [1.54, 1.807) is 0 Å². The molecule has 0 aliphatic heterocycles. The lowest BCUT2D eigenvalue weighted by atomic mass is 10.2. The van der Waals surface area contributed by atoms with E-state index < -0.39 is 28.0 Å². The second-order valence-corrected chi connectivity index (χ2v) is 3.59.